The monoisotopic (exact) mass is 198 g/mol. The average Bonchev–Trinajstić information content (AvgIpc) is 2.21. The molecule has 3 nitrogen and oxygen atoms in total. The van der Waals surface area contributed by atoms with E-state index in [-0.39, 0.29) is 5.91 Å². The van der Waals surface area contributed by atoms with Crippen molar-refractivity contribution in [2.75, 3.05) is 19.6 Å². The topological polar surface area (TPSA) is 41.1 Å². The summed E-state index contributed by atoms with van der Waals surface area (Å²) >= 11 is 0. The van der Waals surface area contributed by atoms with Gasteiger partial charge in [-0.25, -0.2) is 0 Å². The van der Waals surface area contributed by atoms with Crippen molar-refractivity contribution in [2.45, 2.75) is 32.6 Å². The Labute approximate surface area is 87.0 Å². The summed E-state index contributed by atoms with van der Waals surface area (Å²) in [4.78, 5) is 10.7. The van der Waals surface area contributed by atoms with E-state index in [0.717, 1.165) is 26.1 Å². The van der Waals surface area contributed by atoms with E-state index < -0.39 is 0 Å². The molecule has 0 rings (SSSR count). The zero-order chi connectivity index (χ0) is 10.6. The highest BCUT2D eigenvalue weighted by Gasteiger charge is 1.92. The molecule has 14 heavy (non-hydrogen) atoms. The molecule has 0 aliphatic rings. The van der Waals surface area contributed by atoms with Crippen LogP contribution in [0.15, 0.2) is 12.7 Å². The van der Waals surface area contributed by atoms with Crippen LogP contribution in [-0.2, 0) is 4.79 Å². The van der Waals surface area contributed by atoms with Gasteiger partial charge in [-0.2, -0.15) is 0 Å². The molecule has 0 aliphatic heterocycles. The summed E-state index contributed by atoms with van der Waals surface area (Å²) in [5.74, 6) is -0.0871. The molecule has 0 radical (unpaired) electrons. The van der Waals surface area contributed by atoms with Crippen molar-refractivity contribution < 1.29 is 4.79 Å². The van der Waals surface area contributed by atoms with Crippen molar-refractivity contribution in [1.29, 1.82) is 0 Å². The van der Waals surface area contributed by atoms with Crippen LogP contribution in [0.1, 0.15) is 32.6 Å². The molecule has 2 N–H and O–H groups in total. The number of carbonyl (C=O) groups is 1. The second-order valence-corrected chi connectivity index (χ2v) is 3.31. The number of unbranched alkanes of at least 4 members (excludes halogenated alkanes) is 2. The molecular weight excluding hydrogens is 176 g/mol. The third-order valence-electron chi connectivity index (χ3n) is 1.97. The number of hydrogen-bond acceptors (Lipinski definition) is 2. The van der Waals surface area contributed by atoms with E-state index in [4.69, 9.17) is 0 Å². The van der Waals surface area contributed by atoms with Crippen LogP contribution in [0.3, 0.4) is 0 Å². The van der Waals surface area contributed by atoms with Gasteiger partial charge in [-0.3, -0.25) is 4.79 Å². The van der Waals surface area contributed by atoms with Crippen LogP contribution in [0.25, 0.3) is 0 Å². The Bertz CT molecular complexity index is 157. The minimum absolute atomic E-state index is 0.0871. The summed E-state index contributed by atoms with van der Waals surface area (Å²) in [5.41, 5.74) is 0. The molecule has 0 heterocycles. The number of nitrogens with one attached hydrogen (secondary N) is 2. The van der Waals surface area contributed by atoms with Crippen molar-refractivity contribution in [2.24, 2.45) is 0 Å². The number of carbonyl (C=O) groups excluding carboxylic acids is 1. The molecule has 0 aromatic heterocycles. The van der Waals surface area contributed by atoms with Gasteiger partial charge in [0.1, 0.15) is 0 Å². The number of amides is 1. The second-order valence-electron chi connectivity index (χ2n) is 3.31. The van der Waals surface area contributed by atoms with Crippen LogP contribution in [-0.4, -0.2) is 25.5 Å². The summed E-state index contributed by atoms with van der Waals surface area (Å²) in [6.07, 6.45) is 6.08. The maximum absolute atomic E-state index is 10.7. The predicted octanol–water partition coefficient (Wildman–Crippen LogP) is 1.46. The van der Waals surface area contributed by atoms with Gasteiger partial charge < -0.3 is 10.6 Å². The normalized spacial score (nSPS) is 9.79. The Hall–Kier alpha value is -0.830. The van der Waals surface area contributed by atoms with Gasteiger partial charge in [-0.1, -0.05) is 26.3 Å². The van der Waals surface area contributed by atoms with E-state index in [1.165, 1.54) is 25.3 Å². The fourth-order valence-electron chi connectivity index (χ4n) is 1.12. The molecule has 82 valence electrons. The zero-order valence-electron chi connectivity index (χ0n) is 9.14. The summed E-state index contributed by atoms with van der Waals surface area (Å²) < 4.78 is 0. The molecule has 0 aromatic carbocycles. The largest absolute Gasteiger partial charge is 0.353 e. The maximum atomic E-state index is 10.7. The summed E-state index contributed by atoms with van der Waals surface area (Å²) in [6, 6.07) is 0. The van der Waals surface area contributed by atoms with E-state index in [1.54, 1.807) is 0 Å². The van der Waals surface area contributed by atoms with Crippen molar-refractivity contribution in [3.05, 3.63) is 12.7 Å². The third kappa shape index (κ3) is 9.26. The predicted molar refractivity (Wildman–Crippen MR) is 60.2 cm³/mol. The Balaban J connectivity index is 2.99. The molecule has 0 spiro atoms. The lowest BCUT2D eigenvalue weighted by Gasteiger charge is -2.04. The lowest BCUT2D eigenvalue weighted by Crippen LogP contribution is -2.26. The maximum Gasteiger partial charge on any atom is 0.243 e. The van der Waals surface area contributed by atoms with Crippen LogP contribution >= 0.6 is 0 Å². The van der Waals surface area contributed by atoms with Crippen LogP contribution in [0, 0.1) is 0 Å². The van der Waals surface area contributed by atoms with Gasteiger partial charge in [0, 0.05) is 6.54 Å². The average molecular weight is 198 g/mol. The number of hydrogen-bond donors (Lipinski definition) is 2. The molecular formula is C11H22N2O. The summed E-state index contributed by atoms with van der Waals surface area (Å²) in [6.45, 7) is 8.37. The Morgan fingerprint density at radius 1 is 1.21 bits per heavy atom. The highest BCUT2D eigenvalue weighted by atomic mass is 16.1. The van der Waals surface area contributed by atoms with Gasteiger partial charge in [0.25, 0.3) is 0 Å². The van der Waals surface area contributed by atoms with Gasteiger partial charge in [-0.15, -0.1) is 0 Å². The van der Waals surface area contributed by atoms with Crippen molar-refractivity contribution in [3.8, 4) is 0 Å². The molecule has 0 saturated heterocycles. The molecule has 0 aromatic rings. The molecule has 0 saturated carbocycles. The molecule has 1 amide bonds. The second kappa shape index (κ2) is 10.3. The van der Waals surface area contributed by atoms with Gasteiger partial charge in [0.2, 0.25) is 5.91 Å². The van der Waals surface area contributed by atoms with E-state index in [9.17, 15) is 4.79 Å². The van der Waals surface area contributed by atoms with E-state index in [2.05, 4.69) is 24.1 Å². The molecule has 0 bridgehead atoms. The fourth-order valence-corrected chi connectivity index (χ4v) is 1.12. The molecule has 0 fully saturated rings. The minimum Gasteiger partial charge on any atom is -0.353 e. The fraction of sp³-hybridized carbons (Fsp3) is 0.727. The van der Waals surface area contributed by atoms with Crippen molar-refractivity contribution in [1.82, 2.24) is 10.6 Å². The minimum atomic E-state index is -0.0871. The number of rotatable bonds is 9. The molecule has 0 unspecified atom stereocenters. The lowest BCUT2D eigenvalue weighted by atomic mass is 10.2. The Morgan fingerprint density at radius 3 is 2.57 bits per heavy atom. The SMILES string of the molecule is C=CC(=O)NCCCNCCCCC. The van der Waals surface area contributed by atoms with E-state index >= 15 is 0 Å². The van der Waals surface area contributed by atoms with Crippen LogP contribution < -0.4 is 10.6 Å². The highest BCUT2D eigenvalue weighted by Crippen LogP contribution is 1.90. The van der Waals surface area contributed by atoms with E-state index in [0.29, 0.717) is 0 Å². The highest BCUT2D eigenvalue weighted by molar-refractivity contribution is 5.86. The molecule has 0 atom stereocenters. The molecule has 0 aliphatic carbocycles. The Morgan fingerprint density at radius 2 is 1.93 bits per heavy atom. The first kappa shape index (κ1) is 13.2. The quantitative estimate of drug-likeness (QED) is 0.435. The standard InChI is InChI=1S/C11H22N2O/c1-3-5-6-8-12-9-7-10-13-11(14)4-2/h4,12H,2-3,5-10H2,1H3,(H,13,14). The zero-order valence-corrected chi connectivity index (χ0v) is 9.14. The van der Waals surface area contributed by atoms with E-state index in [1.807, 2.05) is 0 Å². The van der Waals surface area contributed by atoms with Gasteiger partial charge in [-0.05, 0) is 32.0 Å². The lowest BCUT2D eigenvalue weighted by molar-refractivity contribution is -0.116. The summed E-state index contributed by atoms with van der Waals surface area (Å²) in [7, 11) is 0. The van der Waals surface area contributed by atoms with Crippen molar-refractivity contribution in [3.63, 3.8) is 0 Å². The first-order valence-electron chi connectivity index (χ1n) is 5.42. The van der Waals surface area contributed by atoms with Crippen LogP contribution in [0.4, 0.5) is 0 Å². The summed E-state index contributed by atoms with van der Waals surface area (Å²) in [5, 5.41) is 6.07. The van der Waals surface area contributed by atoms with Gasteiger partial charge in [0.15, 0.2) is 0 Å². The van der Waals surface area contributed by atoms with Crippen LogP contribution in [0.2, 0.25) is 0 Å². The third-order valence-corrected chi connectivity index (χ3v) is 1.97. The molecule has 3 heteroatoms. The first-order chi connectivity index (χ1) is 6.81. The van der Waals surface area contributed by atoms with Gasteiger partial charge in [0.05, 0.1) is 0 Å². The van der Waals surface area contributed by atoms with Crippen molar-refractivity contribution >= 4 is 5.91 Å². The van der Waals surface area contributed by atoms with Gasteiger partial charge >= 0.3 is 0 Å². The van der Waals surface area contributed by atoms with Crippen LogP contribution in [0.5, 0.6) is 0 Å². The smallest absolute Gasteiger partial charge is 0.243 e. The Kier molecular flexibility index (Phi) is 9.64. The first-order valence-corrected chi connectivity index (χ1v) is 5.42.